The van der Waals surface area contributed by atoms with E-state index in [9.17, 15) is 4.79 Å². The molecule has 0 N–H and O–H groups in total. The number of hydrogen-bond acceptors (Lipinski definition) is 6. The Morgan fingerprint density at radius 3 is 2.72 bits per heavy atom. The van der Waals surface area contributed by atoms with Crippen molar-refractivity contribution in [3.05, 3.63) is 65.2 Å². The molecule has 128 valence electrons. The number of thioether (sulfide) groups is 1. The number of nitrogens with zero attached hydrogens (tertiary/aromatic N) is 1. The zero-order valence-corrected chi connectivity index (χ0v) is 15.5. The molecule has 0 aliphatic heterocycles. The first-order valence-electron chi connectivity index (χ1n) is 7.60. The second kappa shape index (κ2) is 8.18. The maximum absolute atomic E-state index is 12.3. The van der Waals surface area contributed by atoms with Gasteiger partial charge in [0.1, 0.15) is 22.9 Å². The third kappa shape index (κ3) is 4.21. The van der Waals surface area contributed by atoms with Gasteiger partial charge >= 0.3 is 5.97 Å². The van der Waals surface area contributed by atoms with E-state index < -0.39 is 5.97 Å². The van der Waals surface area contributed by atoms with Crippen molar-refractivity contribution in [1.82, 2.24) is 4.98 Å². The van der Waals surface area contributed by atoms with Gasteiger partial charge in [-0.25, -0.2) is 9.78 Å². The Bertz CT molecular complexity index is 862. The smallest absolute Gasteiger partial charge is 0.342 e. The van der Waals surface area contributed by atoms with E-state index in [1.54, 1.807) is 24.9 Å². The van der Waals surface area contributed by atoms with Gasteiger partial charge in [0.25, 0.3) is 0 Å². The Hall–Kier alpha value is -2.31. The maximum Gasteiger partial charge on any atom is 0.342 e. The maximum atomic E-state index is 12.3. The number of ether oxygens (including phenoxy) is 2. The topological polar surface area (TPSA) is 48.4 Å². The Morgan fingerprint density at radius 2 is 2.00 bits per heavy atom. The molecule has 0 spiro atoms. The van der Waals surface area contributed by atoms with Crippen molar-refractivity contribution in [2.45, 2.75) is 11.5 Å². The van der Waals surface area contributed by atoms with Crippen LogP contribution in [0.5, 0.6) is 5.75 Å². The number of carbonyl (C=O) groups excluding carboxylic acids is 1. The molecule has 0 atom stereocenters. The van der Waals surface area contributed by atoms with Crippen molar-refractivity contribution in [2.75, 3.05) is 13.4 Å². The molecule has 2 aromatic carbocycles. The largest absolute Gasteiger partial charge is 0.496 e. The monoisotopic (exact) mass is 371 g/mol. The number of esters is 1. The molecular formula is C19H17NO3S2. The number of hydrogen-bond donors (Lipinski definition) is 0. The molecule has 25 heavy (non-hydrogen) atoms. The van der Waals surface area contributed by atoms with Crippen molar-refractivity contribution < 1.29 is 14.3 Å². The summed E-state index contributed by atoms with van der Waals surface area (Å²) < 4.78 is 10.7. The van der Waals surface area contributed by atoms with Gasteiger partial charge in [0.15, 0.2) is 0 Å². The Labute approximate surface area is 154 Å². The van der Waals surface area contributed by atoms with Gasteiger partial charge in [-0.05, 0) is 24.5 Å². The fourth-order valence-corrected chi connectivity index (χ4v) is 3.51. The molecule has 4 nitrogen and oxygen atoms in total. The van der Waals surface area contributed by atoms with Crippen LogP contribution in [-0.4, -0.2) is 24.3 Å². The lowest BCUT2D eigenvalue weighted by molar-refractivity contribution is 0.0464. The van der Waals surface area contributed by atoms with Gasteiger partial charge in [-0.3, -0.25) is 0 Å². The molecule has 1 heterocycles. The summed E-state index contributed by atoms with van der Waals surface area (Å²) in [7, 11) is 1.54. The Kier molecular flexibility index (Phi) is 5.73. The Morgan fingerprint density at radius 1 is 1.20 bits per heavy atom. The SMILES string of the molecule is COc1cc(SC)ccc1C(=O)OCc1csc(-c2ccccc2)n1. The van der Waals surface area contributed by atoms with E-state index in [0.717, 1.165) is 21.2 Å². The lowest BCUT2D eigenvalue weighted by Gasteiger charge is -2.09. The summed E-state index contributed by atoms with van der Waals surface area (Å²) in [4.78, 5) is 17.9. The molecule has 1 aromatic heterocycles. The van der Waals surface area contributed by atoms with Gasteiger partial charge in [-0.15, -0.1) is 23.1 Å². The highest BCUT2D eigenvalue weighted by molar-refractivity contribution is 7.98. The highest BCUT2D eigenvalue weighted by Crippen LogP contribution is 2.27. The van der Waals surface area contributed by atoms with Crippen LogP contribution in [0.1, 0.15) is 16.1 Å². The standard InChI is InChI=1S/C19H17NO3S2/c1-22-17-10-15(24-2)8-9-16(17)19(21)23-11-14-12-25-18(20-14)13-6-4-3-5-7-13/h3-10,12H,11H2,1-2H3. The van der Waals surface area contributed by atoms with Crippen molar-refractivity contribution in [2.24, 2.45) is 0 Å². The van der Waals surface area contributed by atoms with Gasteiger partial charge in [0.2, 0.25) is 0 Å². The van der Waals surface area contributed by atoms with Gasteiger partial charge < -0.3 is 9.47 Å². The van der Waals surface area contributed by atoms with E-state index in [1.165, 1.54) is 11.3 Å². The minimum Gasteiger partial charge on any atom is -0.496 e. The molecule has 0 saturated carbocycles. The first kappa shape index (κ1) is 17.5. The predicted octanol–water partition coefficient (Wildman–Crippen LogP) is 4.90. The fourth-order valence-electron chi connectivity index (χ4n) is 2.27. The van der Waals surface area contributed by atoms with Crippen LogP contribution < -0.4 is 4.74 Å². The van der Waals surface area contributed by atoms with Crippen molar-refractivity contribution >= 4 is 29.1 Å². The number of rotatable bonds is 6. The first-order valence-corrected chi connectivity index (χ1v) is 9.70. The van der Waals surface area contributed by atoms with Crippen LogP contribution in [0.25, 0.3) is 10.6 Å². The third-order valence-electron chi connectivity index (χ3n) is 3.55. The molecule has 0 aliphatic rings. The predicted molar refractivity (Wildman–Crippen MR) is 101 cm³/mol. The molecule has 6 heteroatoms. The van der Waals surface area contributed by atoms with Gasteiger partial charge in [0, 0.05) is 15.8 Å². The van der Waals surface area contributed by atoms with Crippen molar-refractivity contribution in [1.29, 1.82) is 0 Å². The average Bonchev–Trinajstić information content (AvgIpc) is 3.15. The second-order valence-electron chi connectivity index (χ2n) is 5.15. The van der Waals surface area contributed by atoms with Gasteiger partial charge in [-0.1, -0.05) is 30.3 Å². The molecule has 0 radical (unpaired) electrons. The summed E-state index contributed by atoms with van der Waals surface area (Å²) in [5.74, 6) is 0.0962. The molecule has 0 amide bonds. The van der Waals surface area contributed by atoms with Gasteiger partial charge in [0.05, 0.1) is 12.8 Å². The van der Waals surface area contributed by atoms with Crippen molar-refractivity contribution in [3.63, 3.8) is 0 Å². The highest BCUT2D eigenvalue weighted by atomic mass is 32.2. The molecule has 0 fully saturated rings. The van der Waals surface area contributed by atoms with Crippen LogP contribution in [0, 0.1) is 0 Å². The van der Waals surface area contributed by atoms with Crippen LogP contribution in [0.2, 0.25) is 0 Å². The summed E-state index contributed by atoms with van der Waals surface area (Å²) in [6.07, 6.45) is 1.97. The lowest BCUT2D eigenvalue weighted by Crippen LogP contribution is -2.07. The molecule has 0 aliphatic carbocycles. The van der Waals surface area contributed by atoms with Gasteiger partial charge in [-0.2, -0.15) is 0 Å². The minimum atomic E-state index is -0.418. The molecule has 0 bridgehead atoms. The van der Waals surface area contributed by atoms with Crippen LogP contribution in [-0.2, 0) is 11.3 Å². The van der Waals surface area contributed by atoms with Crippen molar-refractivity contribution in [3.8, 4) is 16.3 Å². The molecular weight excluding hydrogens is 354 g/mol. The van der Waals surface area contributed by atoms with E-state index in [4.69, 9.17) is 9.47 Å². The van der Waals surface area contributed by atoms with E-state index in [2.05, 4.69) is 4.98 Å². The molecule has 0 unspecified atom stereocenters. The van der Waals surface area contributed by atoms with Crippen LogP contribution >= 0.6 is 23.1 Å². The lowest BCUT2D eigenvalue weighted by atomic mass is 10.2. The summed E-state index contributed by atoms with van der Waals surface area (Å²) in [6, 6.07) is 15.4. The minimum absolute atomic E-state index is 0.135. The van der Waals surface area contributed by atoms with E-state index >= 15 is 0 Å². The van der Waals surface area contributed by atoms with Crippen LogP contribution in [0.3, 0.4) is 0 Å². The molecule has 3 aromatic rings. The quantitative estimate of drug-likeness (QED) is 0.456. The number of methoxy groups -OCH3 is 1. The summed E-state index contributed by atoms with van der Waals surface area (Å²) >= 11 is 3.12. The van der Waals surface area contributed by atoms with Crippen LogP contribution in [0.15, 0.2) is 58.8 Å². The van der Waals surface area contributed by atoms with E-state index in [-0.39, 0.29) is 6.61 Å². The normalized spacial score (nSPS) is 10.5. The average molecular weight is 371 g/mol. The molecule has 3 rings (SSSR count). The number of thiazole rings is 1. The number of carbonyl (C=O) groups is 1. The fraction of sp³-hybridized carbons (Fsp3) is 0.158. The third-order valence-corrected chi connectivity index (χ3v) is 5.22. The summed E-state index contributed by atoms with van der Waals surface area (Å²) in [6.45, 7) is 0.135. The van der Waals surface area contributed by atoms with Crippen LogP contribution in [0.4, 0.5) is 0 Å². The van der Waals surface area contributed by atoms with E-state index in [1.807, 2.05) is 54.1 Å². The van der Waals surface area contributed by atoms with E-state index in [0.29, 0.717) is 11.3 Å². The Balaban J connectivity index is 1.68. The number of aromatic nitrogens is 1. The first-order chi connectivity index (χ1) is 12.2. The zero-order valence-electron chi connectivity index (χ0n) is 13.9. The second-order valence-corrected chi connectivity index (χ2v) is 6.89. The highest BCUT2D eigenvalue weighted by Gasteiger charge is 2.15. The molecule has 0 saturated heterocycles. The summed E-state index contributed by atoms with van der Waals surface area (Å²) in [5, 5.41) is 2.82. The number of benzene rings is 2. The summed E-state index contributed by atoms with van der Waals surface area (Å²) in [5.41, 5.74) is 2.20. The zero-order chi connectivity index (χ0) is 17.6.